The molecule has 0 unspecified atom stereocenters. The average Bonchev–Trinajstić information content (AvgIpc) is 2.34. The SMILES string of the molecule is CCNc1ncc(Cl)c(Oc2cccc(I)c2)n1. The molecule has 0 saturated carbocycles. The Kier molecular flexibility index (Phi) is 4.60. The van der Waals surface area contributed by atoms with Gasteiger partial charge in [0.1, 0.15) is 10.8 Å². The van der Waals surface area contributed by atoms with Crippen LogP contribution in [0.25, 0.3) is 0 Å². The van der Waals surface area contributed by atoms with E-state index in [4.69, 9.17) is 16.3 Å². The summed E-state index contributed by atoms with van der Waals surface area (Å²) >= 11 is 8.23. The number of aromatic nitrogens is 2. The van der Waals surface area contributed by atoms with Crippen molar-refractivity contribution in [1.82, 2.24) is 9.97 Å². The summed E-state index contributed by atoms with van der Waals surface area (Å²) in [5.41, 5.74) is 0. The number of hydrogen-bond donors (Lipinski definition) is 1. The molecule has 1 heterocycles. The van der Waals surface area contributed by atoms with Crippen molar-refractivity contribution in [3.8, 4) is 11.6 Å². The second-order valence-corrected chi connectivity index (χ2v) is 5.09. The van der Waals surface area contributed by atoms with Gasteiger partial charge < -0.3 is 10.1 Å². The Morgan fingerprint density at radius 1 is 1.44 bits per heavy atom. The van der Waals surface area contributed by atoms with Gasteiger partial charge in [0.15, 0.2) is 0 Å². The third-order valence-corrected chi connectivity index (χ3v) is 2.99. The molecule has 0 amide bonds. The zero-order valence-corrected chi connectivity index (χ0v) is 12.6. The minimum atomic E-state index is 0.351. The number of nitrogens with one attached hydrogen (secondary N) is 1. The van der Waals surface area contributed by atoms with E-state index in [0.29, 0.717) is 22.6 Å². The minimum Gasteiger partial charge on any atom is -0.437 e. The van der Waals surface area contributed by atoms with Gasteiger partial charge in [-0.05, 0) is 47.7 Å². The van der Waals surface area contributed by atoms with E-state index in [2.05, 4.69) is 37.9 Å². The van der Waals surface area contributed by atoms with Crippen LogP contribution in [0, 0.1) is 3.57 Å². The molecule has 1 aromatic heterocycles. The molecule has 18 heavy (non-hydrogen) atoms. The zero-order valence-electron chi connectivity index (χ0n) is 9.65. The van der Waals surface area contributed by atoms with Crippen LogP contribution in [0.1, 0.15) is 6.92 Å². The van der Waals surface area contributed by atoms with Crippen LogP contribution in [0.15, 0.2) is 30.5 Å². The van der Waals surface area contributed by atoms with E-state index in [9.17, 15) is 0 Å². The molecule has 0 bridgehead atoms. The second-order valence-electron chi connectivity index (χ2n) is 3.44. The lowest BCUT2D eigenvalue weighted by Gasteiger charge is -2.08. The van der Waals surface area contributed by atoms with Crippen molar-refractivity contribution in [2.45, 2.75) is 6.92 Å². The maximum absolute atomic E-state index is 6.01. The molecule has 6 heteroatoms. The Bertz CT molecular complexity index is 551. The van der Waals surface area contributed by atoms with Gasteiger partial charge in [-0.3, -0.25) is 0 Å². The van der Waals surface area contributed by atoms with Gasteiger partial charge in [-0.2, -0.15) is 4.98 Å². The quantitative estimate of drug-likeness (QED) is 0.822. The van der Waals surface area contributed by atoms with E-state index >= 15 is 0 Å². The lowest BCUT2D eigenvalue weighted by molar-refractivity contribution is 0.462. The van der Waals surface area contributed by atoms with Gasteiger partial charge in [-0.1, -0.05) is 17.7 Å². The van der Waals surface area contributed by atoms with Gasteiger partial charge in [-0.15, -0.1) is 0 Å². The first-order chi connectivity index (χ1) is 8.69. The average molecular weight is 376 g/mol. The van der Waals surface area contributed by atoms with Gasteiger partial charge in [0.2, 0.25) is 11.8 Å². The predicted octanol–water partition coefficient (Wildman–Crippen LogP) is 3.96. The summed E-state index contributed by atoms with van der Waals surface area (Å²) in [6, 6.07) is 7.66. The van der Waals surface area contributed by atoms with Gasteiger partial charge >= 0.3 is 0 Å². The fourth-order valence-corrected chi connectivity index (χ4v) is 1.95. The standard InChI is InChI=1S/C12H11ClIN3O/c1-2-15-12-16-7-10(13)11(17-12)18-9-5-3-4-8(14)6-9/h3-7H,2H2,1H3,(H,15,16,17). The molecule has 94 valence electrons. The van der Waals surface area contributed by atoms with Crippen molar-refractivity contribution in [3.63, 3.8) is 0 Å². The summed E-state index contributed by atoms with van der Waals surface area (Å²) in [6.45, 7) is 2.71. The van der Waals surface area contributed by atoms with Crippen LogP contribution in [-0.2, 0) is 0 Å². The van der Waals surface area contributed by atoms with E-state index in [1.165, 1.54) is 6.20 Å². The molecule has 0 aliphatic heterocycles. The Hall–Kier alpha value is -1.08. The van der Waals surface area contributed by atoms with Gasteiger partial charge in [-0.25, -0.2) is 4.98 Å². The van der Waals surface area contributed by atoms with Crippen LogP contribution in [-0.4, -0.2) is 16.5 Å². The van der Waals surface area contributed by atoms with E-state index < -0.39 is 0 Å². The van der Waals surface area contributed by atoms with Crippen LogP contribution in [0.3, 0.4) is 0 Å². The first kappa shape index (κ1) is 13.4. The molecule has 0 aliphatic carbocycles. The molecule has 0 radical (unpaired) electrons. The third kappa shape index (κ3) is 3.46. The number of rotatable bonds is 4. The molecule has 0 fully saturated rings. The topological polar surface area (TPSA) is 47.0 Å². The van der Waals surface area contributed by atoms with E-state index in [-0.39, 0.29) is 0 Å². The van der Waals surface area contributed by atoms with Gasteiger partial charge in [0.05, 0.1) is 6.20 Å². The second kappa shape index (κ2) is 6.19. The molecule has 0 atom stereocenters. The monoisotopic (exact) mass is 375 g/mol. The first-order valence-corrected chi connectivity index (χ1v) is 6.84. The molecule has 1 aromatic carbocycles. The molecular weight excluding hydrogens is 365 g/mol. The number of ether oxygens (including phenoxy) is 1. The minimum absolute atomic E-state index is 0.351. The number of hydrogen-bond acceptors (Lipinski definition) is 4. The van der Waals surface area contributed by atoms with Crippen LogP contribution in [0.2, 0.25) is 5.02 Å². The lowest BCUT2D eigenvalue weighted by atomic mass is 10.3. The highest BCUT2D eigenvalue weighted by molar-refractivity contribution is 14.1. The maximum Gasteiger partial charge on any atom is 0.243 e. The van der Waals surface area contributed by atoms with Gasteiger partial charge in [0.25, 0.3) is 0 Å². The smallest absolute Gasteiger partial charge is 0.243 e. The number of halogens is 2. The largest absolute Gasteiger partial charge is 0.437 e. The molecule has 1 N–H and O–H groups in total. The fourth-order valence-electron chi connectivity index (χ4n) is 1.31. The molecule has 2 rings (SSSR count). The predicted molar refractivity (Wildman–Crippen MR) is 80.4 cm³/mol. The van der Waals surface area contributed by atoms with Crippen LogP contribution in [0.4, 0.5) is 5.95 Å². The Balaban J connectivity index is 2.25. The van der Waals surface area contributed by atoms with E-state index in [0.717, 1.165) is 10.1 Å². The Morgan fingerprint density at radius 3 is 3.00 bits per heavy atom. The molecule has 0 aliphatic rings. The van der Waals surface area contributed by atoms with Crippen molar-refractivity contribution in [2.75, 3.05) is 11.9 Å². The van der Waals surface area contributed by atoms with Crippen LogP contribution < -0.4 is 10.1 Å². The number of anilines is 1. The molecule has 2 aromatic rings. The van der Waals surface area contributed by atoms with Crippen molar-refractivity contribution in [3.05, 3.63) is 39.1 Å². The summed E-state index contributed by atoms with van der Waals surface area (Å²) in [5, 5.41) is 3.39. The molecule has 0 saturated heterocycles. The van der Waals surface area contributed by atoms with E-state index in [1.807, 2.05) is 31.2 Å². The third-order valence-electron chi connectivity index (χ3n) is 2.06. The summed E-state index contributed by atoms with van der Waals surface area (Å²) in [5.74, 6) is 1.55. The summed E-state index contributed by atoms with van der Waals surface area (Å²) < 4.78 is 6.73. The molecule has 4 nitrogen and oxygen atoms in total. The normalized spacial score (nSPS) is 10.2. The number of benzene rings is 1. The van der Waals surface area contributed by atoms with Crippen molar-refractivity contribution in [1.29, 1.82) is 0 Å². The molecular formula is C12H11ClIN3O. The molecule has 0 spiro atoms. The first-order valence-electron chi connectivity index (χ1n) is 5.39. The zero-order chi connectivity index (χ0) is 13.0. The highest BCUT2D eigenvalue weighted by Gasteiger charge is 2.07. The Morgan fingerprint density at radius 2 is 2.28 bits per heavy atom. The summed E-state index contributed by atoms with van der Waals surface area (Å²) in [4.78, 5) is 8.26. The van der Waals surface area contributed by atoms with Gasteiger partial charge in [0, 0.05) is 10.1 Å². The van der Waals surface area contributed by atoms with Crippen molar-refractivity contribution < 1.29 is 4.74 Å². The summed E-state index contributed by atoms with van der Waals surface area (Å²) in [7, 11) is 0. The maximum atomic E-state index is 6.01. The van der Waals surface area contributed by atoms with Crippen molar-refractivity contribution in [2.24, 2.45) is 0 Å². The van der Waals surface area contributed by atoms with Crippen molar-refractivity contribution >= 4 is 40.1 Å². The number of nitrogens with zero attached hydrogens (tertiary/aromatic N) is 2. The lowest BCUT2D eigenvalue weighted by Crippen LogP contribution is -2.02. The highest BCUT2D eigenvalue weighted by Crippen LogP contribution is 2.28. The fraction of sp³-hybridized carbons (Fsp3) is 0.167. The summed E-state index contributed by atoms with van der Waals surface area (Å²) in [6.07, 6.45) is 1.52. The van der Waals surface area contributed by atoms with Crippen LogP contribution in [0.5, 0.6) is 11.6 Å². The Labute approximate surface area is 124 Å². The highest BCUT2D eigenvalue weighted by atomic mass is 127. The van der Waals surface area contributed by atoms with E-state index in [1.54, 1.807) is 0 Å². The van der Waals surface area contributed by atoms with Crippen LogP contribution >= 0.6 is 34.2 Å².